The number of halogens is 3. The van der Waals surface area contributed by atoms with Crippen LogP contribution in [0.3, 0.4) is 0 Å². The van der Waals surface area contributed by atoms with Gasteiger partial charge in [0, 0.05) is 24.2 Å². The second-order valence-corrected chi connectivity index (χ2v) is 6.25. The van der Waals surface area contributed by atoms with Gasteiger partial charge in [-0.25, -0.2) is 17.2 Å². The van der Waals surface area contributed by atoms with Gasteiger partial charge < -0.3 is 4.57 Å². The average molecular weight is 308 g/mol. The molecule has 0 saturated carbocycles. The summed E-state index contributed by atoms with van der Waals surface area (Å²) in [5, 5.41) is 6.58. The third kappa shape index (κ3) is 2.74. The Bertz CT molecular complexity index is 730. The Kier molecular flexibility index (Phi) is 3.55. The van der Waals surface area contributed by atoms with E-state index in [9.17, 15) is 17.2 Å². The van der Waals surface area contributed by atoms with Crippen LogP contribution >= 0.6 is 10.7 Å². The summed E-state index contributed by atoms with van der Waals surface area (Å²) >= 11 is 0. The average Bonchev–Trinajstić information content (AvgIpc) is 2.66. The van der Waals surface area contributed by atoms with Crippen molar-refractivity contribution >= 4 is 19.7 Å². The van der Waals surface area contributed by atoms with E-state index in [1.54, 1.807) is 0 Å². The van der Waals surface area contributed by atoms with Gasteiger partial charge in [0.2, 0.25) is 0 Å². The summed E-state index contributed by atoms with van der Waals surface area (Å²) in [5.74, 6) is -1.82. The Labute approximate surface area is 112 Å². The number of nitrogens with zero attached hydrogens (tertiary/aromatic N) is 3. The highest BCUT2D eigenvalue weighted by molar-refractivity contribution is 8.13. The maximum absolute atomic E-state index is 13.5. The molecule has 0 fully saturated rings. The minimum Gasteiger partial charge on any atom is -0.304 e. The number of benzene rings is 1. The lowest BCUT2D eigenvalue weighted by Crippen LogP contribution is -2.06. The van der Waals surface area contributed by atoms with E-state index >= 15 is 0 Å². The van der Waals surface area contributed by atoms with Crippen LogP contribution < -0.4 is 0 Å². The molecular weight excluding hydrogens is 300 g/mol. The van der Waals surface area contributed by atoms with Crippen LogP contribution in [0.25, 0.3) is 0 Å². The number of aromatic nitrogens is 3. The Morgan fingerprint density at radius 3 is 2.58 bits per heavy atom. The Morgan fingerprint density at radius 2 is 2.00 bits per heavy atom. The van der Waals surface area contributed by atoms with E-state index in [0.29, 0.717) is 0 Å². The molecule has 2 aromatic rings. The first kappa shape index (κ1) is 13.9. The maximum atomic E-state index is 13.5. The lowest BCUT2D eigenvalue weighted by atomic mass is 10.1. The molecule has 9 heteroatoms. The van der Waals surface area contributed by atoms with Gasteiger partial charge in [0.05, 0.1) is 0 Å². The van der Waals surface area contributed by atoms with E-state index in [1.165, 1.54) is 19.2 Å². The van der Waals surface area contributed by atoms with Gasteiger partial charge in [0.15, 0.2) is 11.6 Å². The first-order valence-corrected chi connectivity index (χ1v) is 7.37. The number of rotatable bonds is 3. The monoisotopic (exact) mass is 307 g/mol. The molecule has 1 heterocycles. The van der Waals surface area contributed by atoms with E-state index in [0.717, 1.165) is 10.6 Å². The van der Waals surface area contributed by atoms with Crippen molar-refractivity contribution in [3.8, 4) is 0 Å². The Morgan fingerprint density at radius 1 is 1.32 bits per heavy atom. The highest BCUT2D eigenvalue weighted by Crippen LogP contribution is 2.17. The van der Waals surface area contributed by atoms with Crippen molar-refractivity contribution in [2.45, 2.75) is 11.6 Å². The smallest absolute Gasteiger partial charge is 0.296 e. The van der Waals surface area contributed by atoms with E-state index in [-0.39, 0.29) is 17.8 Å². The standard InChI is InChI=1S/C10H8ClF2N3O2S/c1-16-8(14-15-10(16)19(11,17)18)5-6-3-2-4-7(12)9(6)13/h2-4H,5H2,1H3. The van der Waals surface area contributed by atoms with Gasteiger partial charge in [0.1, 0.15) is 5.82 Å². The second-order valence-electron chi connectivity index (χ2n) is 3.79. The molecule has 5 nitrogen and oxygen atoms in total. The summed E-state index contributed by atoms with van der Waals surface area (Å²) in [5.41, 5.74) is 0.0500. The van der Waals surface area contributed by atoms with Crippen LogP contribution in [-0.2, 0) is 22.5 Å². The molecule has 0 saturated heterocycles. The summed E-state index contributed by atoms with van der Waals surface area (Å²) in [4.78, 5) is 0. The van der Waals surface area contributed by atoms with Gasteiger partial charge >= 0.3 is 0 Å². The molecule has 0 aliphatic rings. The minimum atomic E-state index is -4.03. The predicted molar refractivity (Wildman–Crippen MR) is 63.2 cm³/mol. The fourth-order valence-electron chi connectivity index (χ4n) is 1.57. The van der Waals surface area contributed by atoms with Crippen molar-refractivity contribution in [2.24, 2.45) is 7.05 Å². The lowest BCUT2D eigenvalue weighted by Gasteiger charge is -2.04. The molecule has 0 aliphatic heterocycles. The van der Waals surface area contributed by atoms with Crippen LogP contribution in [-0.4, -0.2) is 23.2 Å². The fourth-order valence-corrected chi connectivity index (χ4v) is 2.54. The molecule has 1 aromatic carbocycles. The van der Waals surface area contributed by atoms with Crippen LogP contribution in [0.15, 0.2) is 23.4 Å². The van der Waals surface area contributed by atoms with E-state index in [4.69, 9.17) is 10.7 Å². The van der Waals surface area contributed by atoms with Crippen molar-refractivity contribution in [3.05, 3.63) is 41.2 Å². The van der Waals surface area contributed by atoms with Crippen LogP contribution in [0.1, 0.15) is 11.4 Å². The number of hydrogen-bond acceptors (Lipinski definition) is 4. The van der Waals surface area contributed by atoms with E-state index < -0.39 is 25.8 Å². The van der Waals surface area contributed by atoms with Gasteiger partial charge in [-0.1, -0.05) is 12.1 Å². The summed E-state index contributed by atoms with van der Waals surface area (Å²) in [6.45, 7) is 0. The third-order valence-corrected chi connectivity index (χ3v) is 3.73. The molecule has 0 N–H and O–H groups in total. The summed E-state index contributed by atoms with van der Waals surface area (Å²) < 4.78 is 49.9. The van der Waals surface area contributed by atoms with Crippen LogP contribution in [0, 0.1) is 11.6 Å². The van der Waals surface area contributed by atoms with Crippen molar-refractivity contribution in [1.29, 1.82) is 0 Å². The summed E-state index contributed by atoms with van der Waals surface area (Å²) in [6, 6.07) is 3.72. The van der Waals surface area contributed by atoms with Crippen molar-refractivity contribution in [3.63, 3.8) is 0 Å². The van der Waals surface area contributed by atoms with Crippen LogP contribution in [0.5, 0.6) is 0 Å². The van der Waals surface area contributed by atoms with Crippen LogP contribution in [0.2, 0.25) is 0 Å². The molecule has 0 atom stereocenters. The predicted octanol–water partition coefficient (Wildman–Crippen LogP) is 1.61. The highest BCUT2D eigenvalue weighted by atomic mass is 35.7. The summed E-state index contributed by atoms with van der Waals surface area (Å²) in [7, 11) is 2.50. The largest absolute Gasteiger partial charge is 0.304 e. The lowest BCUT2D eigenvalue weighted by molar-refractivity contribution is 0.499. The highest BCUT2D eigenvalue weighted by Gasteiger charge is 2.21. The van der Waals surface area contributed by atoms with Crippen molar-refractivity contribution in [1.82, 2.24) is 14.8 Å². The van der Waals surface area contributed by atoms with Gasteiger partial charge in [-0.05, 0) is 11.6 Å². The quantitative estimate of drug-likeness (QED) is 0.808. The molecule has 2 rings (SSSR count). The molecule has 19 heavy (non-hydrogen) atoms. The van der Waals surface area contributed by atoms with Gasteiger partial charge in [-0.3, -0.25) is 0 Å². The van der Waals surface area contributed by atoms with E-state index in [1.807, 2.05) is 0 Å². The number of hydrogen-bond donors (Lipinski definition) is 0. The van der Waals surface area contributed by atoms with Gasteiger partial charge in [-0.15, -0.1) is 10.2 Å². The molecule has 0 unspecified atom stereocenters. The zero-order valence-corrected chi connectivity index (χ0v) is 11.2. The summed E-state index contributed by atoms with van der Waals surface area (Å²) in [6.07, 6.45) is -0.0977. The molecular formula is C10H8ClF2N3O2S. The second kappa shape index (κ2) is 4.86. The SMILES string of the molecule is Cn1c(Cc2cccc(F)c2F)nnc1S(=O)(=O)Cl. The van der Waals surface area contributed by atoms with Crippen molar-refractivity contribution in [2.75, 3.05) is 0 Å². The maximum Gasteiger partial charge on any atom is 0.296 e. The zero-order valence-electron chi connectivity index (χ0n) is 9.64. The normalized spacial score (nSPS) is 11.8. The molecule has 0 aliphatic carbocycles. The topological polar surface area (TPSA) is 64.8 Å². The minimum absolute atomic E-state index is 0.0500. The first-order valence-electron chi connectivity index (χ1n) is 5.06. The fraction of sp³-hybridized carbons (Fsp3) is 0.200. The molecule has 0 amide bonds. The molecule has 0 radical (unpaired) electrons. The third-order valence-electron chi connectivity index (χ3n) is 2.52. The van der Waals surface area contributed by atoms with Crippen molar-refractivity contribution < 1.29 is 17.2 Å². The zero-order chi connectivity index (χ0) is 14.2. The van der Waals surface area contributed by atoms with Gasteiger partial charge in [0.25, 0.3) is 14.2 Å². The Hall–Kier alpha value is -1.54. The Balaban J connectivity index is 2.40. The van der Waals surface area contributed by atoms with E-state index in [2.05, 4.69) is 10.2 Å². The molecule has 0 bridgehead atoms. The molecule has 0 spiro atoms. The molecule has 1 aromatic heterocycles. The molecule has 102 valence electrons. The first-order chi connectivity index (χ1) is 8.80. The van der Waals surface area contributed by atoms with Gasteiger partial charge in [-0.2, -0.15) is 0 Å². The van der Waals surface area contributed by atoms with Crippen LogP contribution in [0.4, 0.5) is 8.78 Å².